The lowest BCUT2D eigenvalue weighted by Gasteiger charge is -2.31. The molecule has 0 spiro atoms. The number of halogens is 1. The highest BCUT2D eigenvalue weighted by Gasteiger charge is 2.18. The number of hydrogen-bond donors (Lipinski definition) is 1. The zero-order chi connectivity index (χ0) is 11.4. The molecular formula is C11H17ClN4. The van der Waals surface area contributed by atoms with Crippen molar-refractivity contribution in [2.45, 2.75) is 25.8 Å². The molecular weight excluding hydrogens is 224 g/mol. The Labute approximate surface area is 101 Å². The Bertz CT molecular complexity index is 319. The number of rotatable bonds is 3. The molecule has 1 saturated heterocycles. The summed E-state index contributed by atoms with van der Waals surface area (Å²) in [6.45, 7) is 5.66. The lowest BCUT2D eigenvalue weighted by Crippen LogP contribution is -2.39. The van der Waals surface area contributed by atoms with Gasteiger partial charge < -0.3 is 10.2 Å². The van der Waals surface area contributed by atoms with Crippen LogP contribution in [0.5, 0.6) is 0 Å². The molecule has 1 aromatic rings. The molecule has 1 aliphatic rings. The van der Waals surface area contributed by atoms with Crippen LogP contribution in [0.25, 0.3) is 0 Å². The topological polar surface area (TPSA) is 41.0 Å². The molecule has 0 atom stereocenters. The number of likely N-dealkylation sites (tertiary alicyclic amines) is 1. The SMILES string of the molecule is CCN1CCC(Nc2ncc(Cl)cn2)CC1. The Hall–Kier alpha value is -0.870. The highest BCUT2D eigenvalue weighted by Crippen LogP contribution is 2.14. The molecule has 0 unspecified atom stereocenters. The zero-order valence-electron chi connectivity index (χ0n) is 9.49. The van der Waals surface area contributed by atoms with Gasteiger partial charge in [-0.05, 0) is 19.4 Å². The van der Waals surface area contributed by atoms with Crippen molar-refractivity contribution < 1.29 is 0 Å². The molecule has 0 aliphatic carbocycles. The summed E-state index contributed by atoms with van der Waals surface area (Å²) in [6.07, 6.45) is 5.55. The third-order valence-electron chi connectivity index (χ3n) is 2.99. The maximum atomic E-state index is 5.73. The first kappa shape index (κ1) is 11.6. The molecule has 0 radical (unpaired) electrons. The Balaban J connectivity index is 1.84. The van der Waals surface area contributed by atoms with Crippen LogP contribution in [0, 0.1) is 0 Å². The Morgan fingerprint density at radius 1 is 1.38 bits per heavy atom. The quantitative estimate of drug-likeness (QED) is 0.878. The van der Waals surface area contributed by atoms with Crippen molar-refractivity contribution in [3.05, 3.63) is 17.4 Å². The Kier molecular flexibility index (Phi) is 3.96. The van der Waals surface area contributed by atoms with Crippen molar-refractivity contribution in [3.63, 3.8) is 0 Å². The van der Waals surface area contributed by atoms with Crippen molar-refractivity contribution in [2.24, 2.45) is 0 Å². The Morgan fingerprint density at radius 3 is 2.56 bits per heavy atom. The van der Waals surface area contributed by atoms with Crippen molar-refractivity contribution in [2.75, 3.05) is 25.0 Å². The monoisotopic (exact) mass is 240 g/mol. The number of nitrogens with one attached hydrogen (secondary N) is 1. The fourth-order valence-electron chi connectivity index (χ4n) is 1.96. The van der Waals surface area contributed by atoms with Gasteiger partial charge in [-0.15, -0.1) is 0 Å². The molecule has 2 rings (SSSR count). The van der Waals surface area contributed by atoms with E-state index in [2.05, 4.69) is 27.1 Å². The van der Waals surface area contributed by atoms with Gasteiger partial charge >= 0.3 is 0 Å². The van der Waals surface area contributed by atoms with Crippen LogP contribution in [-0.4, -0.2) is 40.5 Å². The molecule has 4 nitrogen and oxygen atoms in total. The van der Waals surface area contributed by atoms with E-state index in [0.29, 0.717) is 17.0 Å². The van der Waals surface area contributed by atoms with Gasteiger partial charge in [-0.1, -0.05) is 18.5 Å². The van der Waals surface area contributed by atoms with Crippen LogP contribution < -0.4 is 5.32 Å². The summed E-state index contributed by atoms with van der Waals surface area (Å²) in [7, 11) is 0. The molecule has 1 N–H and O–H groups in total. The summed E-state index contributed by atoms with van der Waals surface area (Å²) in [5, 5.41) is 3.92. The fourth-order valence-corrected chi connectivity index (χ4v) is 2.06. The van der Waals surface area contributed by atoms with Crippen molar-refractivity contribution in [1.82, 2.24) is 14.9 Å². The normalized spacial score (nSPS) is 18.6. The molecule has 5 heteroatoms. The summed E-state index contributed by atoms with van der Waals surface area (Å²) in [4.78, 5) is 10.7. The molecule has 1 aliphatic heterocycles. The number of piperidine rings is 1. The molecule has 1 aromatic heterocycles. The third kappa shape index (κ3) is 3.06. The molecule has 0 aromatic carbocycles. The van der Waals surface area contributed by atoms with Crippen LogP contribution in [0.3, 0.4) is 0 Å². The van der Waals surface area contributed by atoms with Gasteiger partial charge in [0, 0.05) is 19.1 Å². The standard InChI is InChI=1S/C11H17ClN4/c1-2-16-5-3-10(4-6-16)15-11-13-7-9(12)8-14-11/h7-8,10H,2-6H2,1H3,(H,13,14,15). The van der Waals surface area contributed by atoms with Crippen LogP contribution in [0.1, 0.15) is 19.8 Å². The van der Waals surface area contributed by atoms with Gasteiger partial charge in [-0.3, -0.25) is 0 Å². The lowest BCUT2D eigenvalue weighted by molar-refractivity contribution is 0.229. The molecule has 0 saturated carbocycles. The first-order valence-corrected chi connectivity index (χ1v) is 6.12. The number of nitrogens with zero attached hydrogens (tertiary/aromatic N) is 3. The predicted molar refractivity (Wildman–Crippen MR) is 65.8 cm³/mol. The van der Waals surface area contributed by atoms with Gasteiger partial charge in [0.25, 0.3) is 0 Å². The second-order valence-corrected chi connectivity index (χ2v) is 4.51. The summed E-state index contributed by atoms with van der Waals surface area (Å²) in [5.74, 6) is 0.680. The van der Waals surface area contributed by atoms with Gasteiger partial charge in [-0.25, -0.2) is 9.97 Å². The smallest absolute Gasteiger partial charge is 0.222 e. The van der Waals surface area contributed by atoms with Crippen LogP contribution in [0.2, 0.25) is 5.02 Å². The average Bonchev–Trinajstić information content (AvgIpc) is 2.33. The summed E-state index contributed by atoms with van der Waals surface area (Å²) < 4.78 is 0. The van der Waals surface area contributed by atoms with E-state index in [1.54, 1.807) is 12.4 Å². The van der Waals surface area contributed by atoms with Crippen LogP contribution in [0.15, 0.2) is 12.4 Å². The predicted octanol–water partition coefficient (Wildman–Crippen LogP) is 2.03. The van der Waals surface area contributed by atoms with Gasteiger partial charge in [0.05, 0.1) is 17.4 Å². The maximum Gasteiger partial charge on any atom is 0.222 e. The minimum atomic E-state index is 0.490. The molecule has 16 heavy (non-hydrogen) atoms. The van der Waals surface area contributed by atoms with E-state index in [1.165, 1.54) is 0 Å². The van der Waals surface area contributed by atoms with E-state index in [0.717, 1.165) is 32.5 Å². The van der Waals surface area contributed by atoms with Crippen LogP contribution in [-0.2, 0) is 0 Å². The molecule has 88 valence electrons. The van der Waals surface area contributed by atoms with E-state index in [1.807, 2.05) is 0 Å². The highest BCUT2D eigenvalue weighted by atomic mass is 35.5. The summed E-state index contributed by atoms with van der Waals surface area (Å²) >= 11 is 5.73. The molecule has 2 heterocycles. The number of hydrogen-bond acceptors (Lipinski definition) is 4. The van der Waals surface area contributed by atoms with E-state index < -0.39 is 0 Å². The Morgan fingerprint density at radius 2 is 2.00 bits per heavy atom. The lowest BCUT2D eigenvalue weighted by atomic mass is 10.1. The second kappa shape index (κ2) is 5.46. The zero-order valence-corrected chi connectivity index (χ0v) is 10.2. The highest BCUT2D eigenvalue weighted by molar-refractivity contribution is 6.30. The van der Waals surface area contributed by atoms with E-state index in [-0.39, 0.29) is 0 Å². The molecule has 0 amide bonds. The molecule has 1 fully saturated rings. The largest absolute Gasteiger partial charge is 0.351 e. The third-order valence-corrected chi connectivity index (χ3v) is 3.18. The fraction of sp³-hybridized carbons (Fsp3) is 0.636. The van der Waals surface area contributed by atoms with Gasteiger partial charge in [0.2, 0.25) is 5.95 Å². The molecule has 0 bridgehead atoms. The van der Waals surface area contributed by atoms with Crippen LogP contribution in [0.4, 0.5) is 5.95 Å². The van der Waals surface area contributed by atoms with Crippen LogP contribution >= 0.6 is 11.6 Å². The first-order valence-electron chi connectivity index (χ1n) is 5.74. The minimum absolute atomic E-state index is 0.490. The van der Waals surface area contributed by atoms with Crippen molar-refractivity contribution >= 4 is 17.5 Å². The van der Waals surface area contributed by atoms with E-state index >= 15 is 0 Å². The van der Waals surface area contributed by atoms with Crippen molar-refractivity contribution in [3.8, 4) is 0 Å². The van der Waals surface area contributed by atoms with Gasteiger partial charge in [-0.2, -0.15) is 0 Å². The average molecular weight is 241 g/mol. The summed E-state index contributed by atoms with van der Waals surface area (Å²) in [5.41, 5.74) is 0. The van der Waals surface area contributed by atoms with Gasteiger partial charge in [0.15, 0.2) is 0 Å². The summed E-state index contributed by atoms with van der Waals surface area (Å²) in [6, 6.07) is 0.490. The number of anilines is 1. The van der Waals surface area contributed by atoms with E-state index in [4.69, 9.17) is 11.6 Å². The second-order valence-electron chi connectivity index (χ2n) is 4.08. The number of aromatic nitrogens is 2. The van der Waals surface area contributed by atoms with Gasteiger partial charge in [0.1, 0.15) is 0 Å². The maximum absolute atomic E-state index is 5.73. The van der Waals surface area contributed by atoms with E-state index in [9.17, 15) is 0 Å². The first-order chi connectivity index (χ1) is 7.78. The minimum Gasteiger partial charge on any atom is -0.351 e. The van der Waals surface area contributed by atoms with Crippen molar-refractivity contribution in [1.29, 1.82) is 0 Å².